The van der Waals surface area contributed by atoms with Crippen LogP contribution in [0.4, 0.5) is 4.39 Å². The molecule has 1 aromatic carbocycles. The van der Waals surface area contributed by atoms with Crippen molar-refractivity contribution < 1.29 is 9.50 Å². The SMILES string of the molecule is CC(C)CN1CCC(O)(Cc2ccccc2F)CC1. The minimum absolute atomic E-state index is 0.208. The third kappa shape index (κ3) is 4.02. The van der Waals surface area contributed by atoms with Gasteiger partial charge < -0.3 is 10.0 Å². The van der Waals surface area contributed by atoms with Crippen LogP contribution in [0.3, 0.4) is 0 Å². The molecule has 0 aromatic heterocycles. The zero-order valence-electron chi connectivity index (χ0n) is 11.9. The van der Waals surface area contributed by atoms with E-state index in [1.165, 1.54) is 6.07 Å². The number of nitrogens with zero attached hydrogens (tertiary/aromatic N) is 1. The van der Waals surface area contributed by atoms with Crippen LogP contribution in [-0.4, -0.2) is 35.2 Å². The van der Waals surface area contributed by atoms with Gasteiger partial charge in [0.1, 0.15) is 5.82 Å². The summed E-state index contributed by atoms with van der Waals surface area (Å²) in [7, 11) is 0. The van der Waals surface area contributed by atoms with E-state index < -0.39 is 5.60 Å². The Labute approximate surface area is 115 Å². The van der Waals surface area contributed by atoms with Gasteiger partial charge in [-0.15, -0.1) is 0 Å². The van der Waals surface area contributed by atoms with Gasteiger partial charge in [0.05, 0.1) is 5.60 Å². The lowest BCUT2D eigenvalue weighted by Crippen LogP contribution is -2.46. The Morgan fingerprint density at radius 3 is 2.47 bits per heavy atom. The van der Waals surface area contributed by atoms with Gasteiger partial charge in [0.2, 0.25) is 0 Å². The van der Waals surface area contributed by atoms with Crippen molar-refractivity contribution in [3.8, 4) is 0 Å². The highest BCUT2D eigenvalue weighted by molar-refractivity contribution is 5.19. The van der Waals surface area contributed by atoms with Gasteiger partial charge in [0.25, 0.3) is 0 Å². The van der Waals surface area contributed by atoms with Crippen molar-refractivity contribution in [1.29, 1.82) is 0 Å². The molecule has 1 aromatic rings. The maximum atomic E-state index is 13.6. The molecule has 0 aliphatic carbocycles. The molecule has 0 bridgehead atoms. The Morgan fingerprint density at radius 2 is 1.89 bits per heavy atom. The summed E-state index contributed by atoms with van der Waals surface area (Å²) in [6.07, 6.45) is 1.89. The van der Waals surface area contributed by atoms with Gasteiger partial charge in [-0.3, -0.25) is 0 Å². The molecule has 0 amide bonds. The largest absolute Gasteiger partial charge is 0.389 e. The third-order valence-electron chi connectivity index (χ3n) is 3.89. The number of piperidine rings is 1. The summed E-state index contributed by atoms with van der Waals surface area (Å²) in [6.45, 7) is 7.31. The third-order valence-corrected chi connectivity index (χ3v) is 3.89. The molecule has 0 radical (unpaired) electrons. The molecule has 1 saturated heterocycles. The maximum absolute atomic E-state index is 13.6. The van der Waals surface area contributed by atoms with Gasteiger partial charge >= 0.3 is 0 Å². The van der Waals surface area contributed by atoms with Crippen LogP contribution in [0.25, 0.3) is 0 Å². The highest BCUT2D eigenvalue weighted by Crippen LogP contribution is 2.27. The highest BCUT2D eigenvalue weighted by Gasteiger charge is 2.33. The second-order valence-electron chi connectivity index (χ2n) is 6.19. The fraction of sp³-hybridized carbons (Fsp3) is 0.625. The Hall–Kier alpha value is -0.930. The molecule has 1 aliphatic rings. The Morgan fingerprint density at radius 1 is 1.26 bits per heavy atom. The van der Waals surface area contributed by atoms with Crippen LogP contribution < -0.4 is 0 Å². The predicted octanol–water partition coefficient (Wildman–Crippen LogP) is 2.85. The molecule has 1 heterocycles. The summed E-state index contributed by atoms with van der Waals surface area (Å²) >= 11 is 0. The normalized spacial score (nSPS) is 19.8. The number of halogens is 1. The highest BCUT2D eigenvalue weighted by atomic mass is 19.1. The fourth-order valence-electron chi connectivity index (χ4n) is 2.84. The summed E-state index contributed by atoms with van der Waals surface area (Å²) in [6, 6.07) is 6.75. The molecule has 0 saturated carbocycles. The van der Waals surface area contributed by atoms with Crippen molar-refractivity contribution in [3.05, 3.63) is 35.6 Å². The summed E-state index contributed by atoms with van der Waals surface area (Å²) in [5.41, 5.74) is -0.113. The van der Waals surface area contributed by atoms with Crippen LogP contribution in [0.2, 0.25) is 0 Å². The van der Waals surface area contributed by atoms with E-state index in [0.717, 1.165) is 32.5 Å². The summed E-state index contributed by atoms with van der Waals surface area (Å²) in [4.78, 5) is 2.39. The number of rotatable bonds is 4. The molecule has 1 fully saturated rings. The Kier molecular flexibility index (Phi) is 4.58. The first-order valence-electron chi connectivity index (χ1n) is 7.17. The minimum Gasteiger partial charge on any atom is -0.389 e. The Balaban J connectivity index is 1.93. The topological polar surface area (TPSA) is 23.5 Å². The second-order valence-corrected chi connectivity index (χ2v) is 6.19. The van der Waals surface area contributed by atoms with Crippen LogP contribution in [-0.2, 0) is 6.42 Å². The average Bonchev–Trinajstić information content (AvgIpc) is 2.35. The average molecular weight is 265 g/mol. The van der Waals surface area contributed by atoms with Crippen molar-refractivity contribution in [1.82, 2.24) is 4.90 Å². The standard InChI is InChI=1S/C16H24FNO/c1-13(2)12-18-9-7-16(19,8-10-18)11-14-5-3-4-6-15(14)17/h3-6,13,19H,7-12H2,1-2H3. The summed E-state index contributed by atoms with van der Waals surface area (Å²) in [5, 5.41) is 10.6. The number of hydrogen-bond acceptors (Lipinski definition) is 2. The first kappa shape index (κ1) is 14.5. The van der Waals surface area contributed by atoms with E-state index in [4.69, 9.17) is 0 Å². The molecular formula is C16H24FNO. The van der Waals surface area contributed by atoms with Crippen LogP contribution in [0.15, 0.2) is 24.3 Å². The number of aliphatic hydroxyl groups is 1. The Bertz CT molecular complexity index is 411. The van der Waals surface area contributed by atoms with Crippen LogP contribution in [0.5, 0.6) is 0 Å². The van der Waals surface area contributed by atoms with Crippen molar-refractivity contribution in [2.75, 3.05) is 19.6 Å². The molecule has 1 N–H and O–H groups in total. The molecule has 1 aliphatic heterocycles. The first-order chi connectivity index (χ1) is 8.98. The minimum atomic E-state index is -0.740. The molecule has 19 heavy (non-hydrogen) atoms. The molecule has 3 heteroatoms. The van der Waals surface area contributed by atoms with Crippen molar-refractivity contribution in [2.45, 2.75) is 38.7 Å². The van der Waals surface area contributed by atoms with Crippen molar-refractivity contribution in [2.24, 2.45) is 5.92 Å². The maximum Gasteiger partial charge on any atom is 0.126 e. The molecule has 0 unspecified atom stereocenters. The van der Waals surface area contributed by atoms with Crippen LogP contribution in [0, 0.1) is 11.7 Å². The van der Waals surface area contributed by atoms with Gasteiger partial charge in [0, 0.05) is 26.1 Å². The molecule has 2 rings (SSSR count). The van der Waals surface area contributed by atoms with E-state index in [2.05, 4.69) is 18.7 Å². The number of benzene rings is 1. The lowest BCUT2D eigenvalue weighted by molar-refractivity contribution is -0.0232. The summed E-state index contributed by atoms with van der Waals surface area (Å²) < 4.78 is 13.6. The van der Waals surface area contributed by atoms with Gasteiger partial charge in [-0.05, 0) is 30.4 Å². The number of likely N-dealkylation sites (tertiary alicyclic amines) is 1. The first-order valence-corrected chi connectivity index (χ1v) is 7.17. The van der Waals surface area contributed by atoms with E-state index in [1.807, 2.05) is 6.07 Å². The van der Waals surface area contributed by atoms with E-state index in [9.17, 15) is 9.50 Å². The van der Waals surface area contributed by atoms with Gasteiger partial charge in [0.15, 0.2) is 0 Å². The quantitative estimate of drug-likeness (QED) is 0.905. The fourth-order valence-corrected chi connectivity index (χ4v) is 2.84. The molecule has 0 atom stereocenters. The second kappa shape index (κ2) is 6.02. The molecule has 106 valence electrons. The molecule has 2 nitrogen and oxygen atoms in total. The van der Waals surface area contributed by atoms with Crippen molar-refractivity contribution in [3.63, 3.8) is 0 Å². The summed E-state index contributed by atoms with van der Waals surface area (Å²) in [5.74, 6) is 0.443. The molecular weight excluding hydrogens is 241 g/mol. The van der Waals surface area contributed by atoms with Gasteiger partial charge in [-0.1, -0.05) is 32.0 Å². The smallest absolute Gasteiger partial charge is 0.126 e. The van der Waals surface area contributed by atoms with E-state index in [-0.39, 0.29) is 5.82 Å². The predicted molar refractivity (Wildman–Crippen MR) is 75.6 cm³/mol. The van der Waals surface area contributed by atoms with Crippen LogP contribution >= 0.6 is 0 Å². The van der Waals surface area contributed by atoms with E-state index >= 15 is 0 Å². The lowest BCUT2D eigenvalue weighted by atomic mass is 9.85. The number of hydrogen-bond donors (Lipinski definition) is 1. The zero-order chi connectivity index (χ0) is 13.9. The van der Waals surface area contributed by atoms with Crippen LogP contribution in [0.1, 0.15) is 32.3 Å². The van der Waals surface area contributed by atoms with Crippen molar-refractivity contribution >= 4 is 0 Å². The van der Waals surface area contributed by atoms with E-state index in [0.29, 0.717) is 17.9 Å². The van der Waals surface area contributed by atoms with Gasteiger partial charge in [-0.2, -0.15) is 0 Å². The monoisotopic (exact) mass is 265 g/mol. The zero-order valence-corrected chi connectivity index (χ0v) is 11.9. The molecule has 0 spiro atoms. The van der Waals surface area contributed by atoms with E-state index in [1.54, 1.807) is 12.1 Å². The lowest BCUT2D eigenvalue weighted by Gasteiger charge is -2.39. The van der Waals surface area contributed by atoms with Gasteiger partial charge in [-0.25, -0.2) is 4.39 Å².